The molecule has 0 N–H and O–H groups in total. The summed E-state index contributed by atoms with van der Waals surface area (Å²) in [6, 6.07) is 9.05. The van der Waals surface area contributed by atoms with Crippen LogP contribution in [-0.4, -0.2) is 11.8 Å². The van der Waals surface area contributed by atoms with Gasteiger partial charge in [0.05, 0.1) is 31.2 Å². The van der Waals surface area contributed by atoms with Crippen molar-refractivity contribution >= 4 is 58.2 Å². The molecule has 0 aliphatic carbocycles. The summed E-state index contributed by atoms with van der Waals surface area (Å²) in [5, 5.41) is 7.09. The number of hydrogen-bond donors (Lipinski definition) is 0. The van der Waals surface area contributed by atoms with Crippen LogP contribution in [-0.2, 0) is 0 Å². The second-order valence-corrected chi connectivity index (χ2v) is 5.63. The van der Waals surface area contributed by atoms with E-state index in [1.165, 1.54) is 24.3 Å². The molecule has 0 aliphatic rings. The number of nitrogens with zero attached hydrogens (tertiary/aromatic N) is 2. The van der Waals surface area contributed by atoms with Crippen molar-refractivity contribution in [2.24, 2.45) is 10.2 Å². The molecule has 0 spiro atoms. The van der Waals surface area contributed by atoms with Crippen LogP contribution in [0.4, 0.5) is 0 Å². The molecule has 2 rings (SSSR count). The van der Waals surface area contributed by atoms with Gasteiger partial charge in [-0.25, -0.2) is 0 Å². The zero-order chi connectivity index (χ0) is 16.3. The van der Waals surface area contributed by atoms with Crippen LogP contribution in [0.25, 0.3) is 0 Å². The maximum absolute atomic E-state index is 11.9. The summed E-state index contributed by atoms with van der Waals surface area (Å²) in [5.41, 5.74) is -0.0692. The van der Waals surface area contributed by atoms with Crippen LogP contribution in [0.1, 0.15) is 20.7 Å². The van der Waals surface area contributed by atoms with Crippen molar-refractivity contribution in [1.29, 1.82) is 0 Å². The Morgan fingerprint density at radius 2 is 0.909 bits per heavy atom. The second-order valence-electron chi connectivity index (χ2n) is 4.00. The molecule has 0 atom stereocenters. The van der Waals surface area contributed by atoms with Crippen LogP contribution in [0.15, 0.2) is 46.6 Å². The SMILES string of the molecule is O=C(N=NC(=O)c1c(Cl)cccc1Cl)c1c(Cl)cccc1Cl. The lowest BCUT2D eigenvalue weighted by Gasteiger charge is -2.02. The lowest BCUT2D eigenvalue weighted by atomic mass is 10.2. The van der Waals surface area contributed by atoms with Gasteiger partial charge in [-0.3, -0.25) is 9.59 Å². The summed E-state index contributed by atoms with van der Waals surface area (Å²) in [7, 11) is 0. The summed E-state index contributed by atoms with van der Waals surface area (Å²) >= 11 is 23.5. The third-order valence-electron chi connectivity index (χ3n) is 2.58. The highest BCUT2D eigenvalue weighted by Gasteiger charge is 2.17. The van der Waals surface area contributed by atoms with Crippen molar-refractivity contribution in [3.8, 4) is 0 Å². The lowest BCUT2D eigenvalue weighted by Crippen LogP contribution is -2.01. The van der Waals surface area contributed by atoms with Crippen molar-refractivity contribution in [1.82, 2.24) is 0 Å². The van der Waals surface area contributed by atoms with Crippen LogP contribution >= 0.6 is 46.4 Å². The number of azo groups is 1. The van der Waals surface area contributed by atoms with E-state index < -0.39 is 11.8 Å². The molecule has 0 saturated heterocycles. The average molecular weight is 376 g/mol. The molecule has 0 aromatic heterocycles. The minimum Gasteiger partial charge on any atom is -0.265 e. The van der Waals surface area contributed by atoms with Crippen LogP contribution in [0.5, 0.6) is 0 Å². The maximum Gasteiger partial charge on any atom is 0.298 e. The minimum absolute atomic E-state index is 0.0346. The van der Waals surface area contributed by atoms with E-state index in [1.807, 2.05) is 0 Å². The van der Waals surface area contributed by atoms with Crippen LogP contribution in [0, 0.1) is 0 Å². The molecule has 0 saturated carbocycles. The molecule has 0 unspecified atom stereocenters. The van der Waals surface area contributed by atoms with Gasteiger partial charge in [0.2, 0.25) is 0 Å². The number of carbonyl (C=O) groups excluding carboxylic acids is 2. The Morgan fingerprint density at radius 3 is 1.18 bits per heavy atom. The zero-order valence-electron chi connectivity index (χ0n) is 10.7. The minimum atomic E-state index is -0.841. The first-order valence-electron chi connectivity index (χ1n) is 5.80. The van der Waals surface area contributed by atoms with Crippen LogP contribution in [0.3, 0.4) is 0 Å². The predicted molar refractivity (Wildman–Crippen MR) is 86.4 cm³/mol. The number of hydrogen-bond acceptors (Lipinski definition) is 2. The lowest BCUT2D eigenvalue weighted by molar-refractivity contribution is 0.0947. The molecule has 8 heteroatoms. The standard InChI is InChI=1S/C14H6Cl4N2O2/c15-7-3-1-4-8(16)11(7)13(21)19-20-14(22)12-9(17)5-2-6-10(12)18/h1-6H. The van der Waals surface area contributed by atoms with Gasteiger partial charge in [0, 0.05) is 0 Å². The fraction of sp³-hybridized carbons (Fsp3) is 0. The first-order valence-corrected chi connectivity index (χ1v) is 7.31. The zero-order valence-corrected chi connectivity index (χ0v) is 13.7. The predicted octanol–water partition coefficient (Wildman–Crippen LogP) is 5.73. The summed E-state index contributed by atoms with van der Waals surface area (Å²) in [6.07, 6.45) is 0. The molecule has 2 aromatic rings. The monoisotopic (exact) mass is 374 g/mol. The fourth-order valence-corrected chi connectivity index (χ4v) is 2.71. The van der Waals surface area contributed by atoms with Gasteiger partial charge in [-0.2, -0.15) is 0 Å². The largest absolute Gasteiger partial charge is 0.298 e. The Morgan fingerprint density at radius 1 is 0.636 bits per heavy atom. The van der Waals surface area contributed by atoms with Gasteiger partial charge in [-0.05, 0) is 24.3 Å². The average Bonchev–Trinajstić information content (AvgIpc) is 2.44. The van der Waals surface area contributed by atoms with Gasteiger partial charge in [-0.15, -0.1) is 10.2 Å². The highest BCUT2D eigenvalue weighted by Crippen LogP contribution is 2.27. The molecule has 22 heavy (non-hydrogen) atoms. The van der Waals surface area contributed by atoms with Gasteiger partial charge in [0.25, 0.3) is 11.8 Å². The van der Waals surface area contributed by atoms with E-state index >= 15 is 0 Å². The topological polar surface area (TPSA) is 58.9 Å². The van der Waals surface area contributed by atoms with E-state index in [1.54, 1.807) is 12.1 Å². The second kappa shape index (κ2) is 7.20. The molecule has 4 nitrogen and oxygen atoms in total. The van der Waals surface area contributed by atoms with Crippen molar-refractivity contribution in [2.75, 3.05) is 0 Å². The Kier molecular flexibility index (Phi) is 5.53. The quantitative estimate of drug-likeness (QED) is 0.629. The first-order chi connectivity index (χ1) is 10.4. The molecule has 0 radical (unpaired) electrons. The van der Waals surface area contributed by atoms with Crippen molar-refractivity contribution in [3.05, 3.63) is 67.6 Å². The Balaban J connectivity index is 2.29. The van der Waals surface area contributed by atoms with E-state index in [0.717, 1.165) is 0 Å². The first kappa shape index (κ1) is 16.9. The third kappa shape index (κ3) is 3.65. The van der Waals surface area contributed by atoms with Gasteiger partial charge in [0.1, 0.15) is 0 Å². The van der Waals surface area contributed by atoms with E-state index in [4.69, 9.17) is 46.4 Å². The number of halogens is 4. The summed E-state index contributed by atoms with van der Waals surface area (Å²) in [4.78, 5) is 23.9. The summed E-state index contributed by atoms with van der Waals surface area (Å²) < 4.78 is 0. The number of benzene rings is 2. The van der Waals surface area contributed by atoms with Crippen LogP contribution in [0.2, 0.25) is 20.1 Å². The van der Waals surface area contributed by atoms with E-state index in [9.17, 15) is 9.59 Å². The molecule has 0 bridgehead atoms. The normalized spacial score (nSPS) is 10.9. The third-order valence-corrected chi connectivity index (χ3v) is 3.84. The molecule has 112 valence electrons. The fourth-order valence-electron chi connectivity index (χ4n) is 1.60. The van der Waals surface area contributed by atoms with E-state index in [0.29, 0.717) is 0 Å². The Hall–Kier alpha value is -1.46. The highest BCUT2D eigenvalue weighted by atomic mass is 35.5. The van der Waals surface area contributed by atoms with E-state index in [2.05, 4.69) is 10.2 Å². The van der Waals surface area contributed by atoms with Gasteiger partial charge in [0.15, 0.2) is 0 Å². The van der Waals surface area contributed by atoms with Gasteiger partial charge in [-0.1, -0.05) is 58.5 Å². The maximum atomic E-state index is 11.9. The highest BCUT2D eigenvalue weighted by molar-refractivity contribution is 6.40. The molecular weight excluding hydrogens is 370 g/mol. The molecule has 2 amide bonds. The van der Waals surface area contributed by atoms with E-state index in [-0.39, 0.29) is 31.2 Å². The number of rotatable bonds is 2. The molecular formula is C14H6Cl4N2O2. The molecule has 0 heterocycles. The molecule has 2 aromatic carbocycles. The van der Waals surface area contributed by atoms with Crippen LogP contribution < -0.4 is 0 Å². The van der Waals surface area contributed by atoms with Crippen molar-refractivity contribution in [2.45, 2.75) is 0 Å². The van der Waals surface area contributed by atoms with Crippen molar-refractivity contribution < 1.29 is 9.59 Å². The van der Waals surface area contributed by atoms with Gasteiger partial charge >= 0.3 is 0 Å². The number of amides is 2. The van der Waals surface area contributed by atoms with Crippen molar-refractivity contribution in [3.63, 3.8) is 0 Å². The number of carbonyl (C=O) groups is 2. The summed E-state index contributed by atoms with van der Waals surface area (Å²) in [6.45, 7) is 0. The smallest absolute Gasteiger partial charge is 0.265 e. The van der Waals surface area contributed by atoms with Gasteiger partial charge < -0.3 is 0 Å². The molecule has 0 fully saturated rings. The summed E-state index contributed by atoms with van der Waals surface area (Å²) in [5.74, 6) is -1.68. The Bertz CT molecular complexity index is 684. The Labute approximate surface area is 145 Å². The molecule has 0 aliphatic heterocycles.